The molecule has 3 rings (SSSR count). The Balaban J connectivity index is 2.04. The maximum Gasteiger partial charge on any atom is 0.263 e. The summed E-state index contributed by atoms with van der Waals surface area (Å²) in [6.07, 6.45) is 0.663. The van der Waals surface area contributed by atoms with Crippen molar-refractivity contribution in [1.82, 2.24) is 20.0 Å². The molecular formula is C16H18FN5O3. The van der Waals surface area contributed by atoms with Gasteiger partial charge < -0.3 is 14.8 Å². The molecule has 0 radical (unpaired) electrons. The maximum atomic E-state index is 14.3. The van der Waals surface area contributed by atoms with Crippen LogP contribution < -0.4 is 14.8 Å². The molecule has 8 nitrogen and oxygen atoms in total. The highest BCUT2D eigenvalue weighted by molar-refractivity contribution is 6.10. The molecule has 2 heterocycles. The predicted molar refractivity (Wildman–Crippen MR) is 89.7 cm³/mol. The average molecular weight is 347 g/mol. The lowest BCUT2D eigenvalue weighted by Crippen LogP contribution is -2.16. The standard InChI is InChI=1S/C16H18FN5O3/c1-5-9-12-14(19-20-15(12)22(2)21-9)18-16(23)11-8(17)6-7-10(24-3)13(11)25-4/h6-7H,5H2,1-4H3,(H2,18,19,20,23). The summed E-state index contributed by atoms with van der Waals surface area (Å²) in [6.45, 7) is 1.95. The Morgan fingerprint density at radius 3 is 2.76 bits per heavy atom. The van der Waals surface area contributed by atoms with Crippen LogP contribution in [0.5, 0.6) is 11.5 Å². The minimum absolute atomic E-state index is 0.0256. The topological polar surface area (TPSA) is 94.1 Å². The van der Waals surface area contributed by atoms with Crippen LogP contribution in [0.15, 0.2) is 12.1 Å². The first-order valence-electron chi connectivity index (χ1n) is 7.63. The number of halogens is 1. The number of methoxy groups -OCH3 is 2. The number of amides is 1. The highest BCUT2D eigenvalue weighted by Gasteiger charge is 2.24. The number of aromatic amines is 1. The number of nitrogens with zero attached hydrogens (tertiary/aromatic N) is 3. The summed E-state index contributed by atoms with van der Waals surface area (Å²) in [5, 5.41) is 14.6. The summed E-state index contributed by atoms with van der Waals surface area (Å²) in [7, 11) is 4.52. The van der Waals surface area contributed by atoms with Gasteiger partial charge >= 0.3 is 0 Å². The van der Waals surface area contributed by atoms with Gasteiger partial charge in [0, 0.05) is 7.05 Å². The zero-order valence-corrected chi connectivity index (χ0v) is 14.3. The van der Waals surface area contributed by atoms with Crippen LogP contribution in [0.3, 0.4) is 0 Å². The lowest BCUT2D eigenvalue weighted by molar-refractivity contribution is 0.101. The largest absolute Gasteiger partial charge is 0.493 e. The molecule has 2 N–H and O–H groups in total. The number of hydrogen-bond acceptors (Lipinski definition) is 5. The van der Waals surface area contributed by atoms with Gasteiger partial charge in [-0.3, -0.25) is 9.89 Å². The third-order valence-electron chi connectivity index (χ3n) is 3.91. The van der Waals surface area contributed by atoms with Gasteiger partial charge in [0.25, 0.3) is 5.91 Å². The van der Waals surface area contributed by atoms with Gasteiger partial charge in [-0.25, -0.2) is 9.07 Å². The van der Waals surface area contributed by atoms with Crippen LogP contribution in [-0.4, -0.2) is 40.1 Å². The van der Waals surface area contributed by atoms with Crippen molar-refractivity contribution < 1.29 is 18.7 Å². The molecule has 0 aliphatic rings. The summed E-state index contributed by atoms with van der Waals surface area (Å²) >= 11 is 0. The van der Waals surface area contributed by atoms with E-state index in [1.165, 1.54) is 20.3 Å². The summed E-state index contributed by atoms with van der Waals surface area (Å²) in [6, 6.07) is 2.55. The Morgan fingerprint density at radius 2 is 2.12 bits per heavy atom. The fourth-order valence-corrected chi connectivity index (χ4v) is 2.75. The zero-order chi connectivity index (χ0) is 18.1. The Hall–Kier alpha value is -3.10. The van der Waals surface area contributed by atoms with E-state index in [4.69, 9.17) is 9.47 Å². The molecule has 0 spiro atoms. The first-order valence-corrected chi connectivity index (χ1v) is 7.63. The monoisotopic (exact) mass is 347 g/mol. The molecule has 25 heavy (non-hydrogen) atoms. The molecule has 0 bridgehead atoms. The minimum atomic E-state index is -0.715. The Kier molecular flexibility index (Phi) is 4.30. The lowest BCUT2D eigenvalue weighted by atomic mass is 10.1. The fourth-order valence-electron chi connectivity index (χ4n) is 2.75. The van der Waals surface area contributed by atoms with Crippen molar-refractivity contribution in [2.24, 2.45) is 7.05 Å². The number of H-pyrrole nitrogens is 1. The van der Waals surface area contributed by atoms with Crippen molar-refractivity contribution in [3.8, 4) is 11.5 Å². The normalized spacial score (nSPS) is 10.9. The number of rotatable bonds is 5. The van der Waals surface area contributed by atoms with Crippen LogP contribution in [0.25, 0.3) is 11.0 Å². The third kappa shape index (κ3) is 2.67. The van der Waals surface area contributed by atoms with E-state index in [9.17, 15) is 9.18 Å². The number of hydrogen-bond donors (Lipinski definition) is 2. The van der Waals surface area contributed by atoms with Crippen LogP contribution in [0.4, 0.5) is 10.2 Å². The number of anilines is 1. The van der Waals surface area contributed by atoms with Crippen molar-refractivity contribution in [2.75, 3.05) is 19.5 Å². The molecule has 0 atom stereocenters. The summed E-state index contributed by atoms with van der Waals surface area (Å²) < 4.78 is 26.2. The summed E-state index contributed by atoms with van der Waals surface area (Å²) in [4.78, 5) is 12.7. The molecule has 0 unspecified atom stereocenters. The predicted octanol–water partition coefficient (Wildman–Crippen LogP) is 2.27. The smallest absolute Gasteiger partial charge is 0.263 e. The number of benzene rings is 1. The van der Waals surface area contributed by atoms with E-state index >= 15 is 0 Å². The van der Waals surface area contributed by atoms with Crippen molar-refractivity contribution >= 4 is 22.8 Å². The van der Waals surface area contributed by atoms with Crippen molar-refractivity contribution in [2.45, 2.75) is 13.3 Å². The Bertz CT molecular complexity index is 947. The van der Waals surface area contributed by atoms with E-state index in [2.05, 4.69) is 20.6 Å². The van der Waals surface area contributed by atoms with Gasteiger partial charge in [0.2, 0.25) is 0 Å². The zero-order valence-electron chi connectivity index (χ0n) is 14.3. The van der Waals surface area contributed by atoms with Gasteiger partial charge in [0.05, 0.1) is 25.3 Å². The SMILES string of the molecule is CCc1nn(C)c2n[nH]c(NC(=O)c3c(F)ccc(OC)c3OC)c12. The number of nitrogens with one attached hydrogen (secondary N) is 2. The summed E-state index contributed by atoms with van der Waals surface area (Å²) in [5.41, 5.74) is 1.14. The second-order valence-corrected chi connectivity index (χ2v) is 5.33. The van der Waals surface area contributed by atoms with E-state index in [-0.39, 0.29) is 17.1 Å². The van der Waals surface area contributed by atoms with E-state index in [0.717, 1.165) is 11.8 Å². The third-order valence-corrected chi connectivity index (χ3v) is 3.91. The molecule has 0 aliphatic carbocycles. The number of aromatic nitrogens is 4. The number of aryl methyl sites for hydroxylation is 2. The van der Waals surface area contributed by atoms with E-state index in [0.29, 0.717) is 23.3 Å². The molecule has 0 saturated carbocycles. The maximum absolute atomic E-state index is 14.3. The second-order valence-electron chi connectivity index (χ2n) is 5.33. The van der Waals surface area contributed by atoms with Gasteiger partial charge in [-0.15, -0.1) is 0 Å². The van der Waals surface area contributed by atoms with Crippen LogP contribution in [0.1, 0.15) is 23.0 Å². The Labute approximate surface area is 142 Å². The average Bonchev–Trinajstić information content (AvgIpc) is 3.15. The number of ether oxygens (including phenoxy) is 2. The summed E-state index contributed by atoms with van der Waals surface area (Å²) in [5.74, 6) is -0.746. The molecule has 1 amide bonds. The van der Waals surface area contributed by atoms with Gasteiger partial charge in [-0.05, 0) is 18.6 Å². The van der Waals surface area contributed by atoms with E-state index < -0.39 is 11.7 Å². The molecule has 1 aromatic carbocycles. The number of carbonyl (C=O) groups excluding carboxylic acids is 1. The highest BCUT2D eigenvalue weighted by atomic mass is 19.1. The number of fused-ring (bicyclic) bond motifs is 1. The van der Waals surface area contributed by atoms with Crippen LogP contribution >= 0.6 is 0 Å². The van der Waals surface area contributed by atoms with Crippen LogP contribution in [-0.2, 0) is 13.5 Å². The van der Waals surface area contributed by atoms with E-state index in [1.54, 1.807) is 11.7 Å². The number of carbonyl (C=O) groups is 1. The van der Waals surface area contributed by atoms with Crippen LogP contribution in [0, 0.1) is 5.82 Å². The first kappa shape index (κ1) is 16.7. The lowest BCUT2D eigenvalue weighted by Gasteiger charge is -2.13. The fraction of sp³-hybridized carbons (Fsp3) is 0.312. The molecule has 9 heteroatoms. The molecule has 132 valence electrons. The Morgan fingerprint density at radius 1 is 1.36 bits per heavy atom. The molecule has 0 fully saturated rings. The van der Waals surface area contributed by atoms with Crippen molar-refractivity contribution in [1.29, 1.82) is 0 Å². The van der Waals surface area contributed by atoms with Crippen molar-refractivity contribution in [3.05, 3.63) is 29.2 Å². The van der Waals surface area contributed by atoms with Crippen LogP contribution in [0.2, 0.25) is 0 Å². The minimum Gasteiger partial charge on any atom is -0.493 e. The van der Waals surface area contributed by atoms with Gasteiger partial charge in [0.1, 0.15) is 17.2 Å². The molecule has 0 saturated heterocycles. The first-order chi connectivity index (χ1) is 12.0. The molecular weight excluding hydrogens is 329 g/mol. The molecule has 3 aromatic rings. The molecule has 0 aliphatic heterocycles. The second kappa shape index (κ2) is 6.42. The van der Waals surface area contributed by atoms with Gasteiger partial charge in [0.15, 0.2) is 17.1 Å². The quantitative estimate of drug-likeness (QED) is 0.738. The molecule has 2 aromatic heterocycles. The highest BCUT2D eigenvalue weighted by Crippen LogP contribution is 2.34. The van der Waals surface area contributed by atoms with Gasteiger partial charge in [-0.2, -0.15) is 10.2 Å². The van der Waals surface area contributed by atoms with E-state index in [1.807, 2.05) is 6.92 Å². The van der Waals surface area contributed by atoms with Crippen molar-refractivity contribution in [3.63, 3.8) is 0 Å². The van der Waals surface area contributed by atoms with Gasteiger partial charge in [-0.1, -0.05) is 6.92 Å².